The van der Waals surface area contributed by atoms with Gasteiger partial charge in [0.15, 0.2) is 11.5 Å². The molecule has 0 aliphatic rings. The number of hydrogen-bond donors (Lipinski definition) is 3. The van der Waals surface area contributed by atoms with Crippen LogP contribution in [0.25, 0.3) is 0 Å². The number of carbonyl (C=O) groups is 2. The van der Waals surface area contributed by atoms with Crippen LogP contribution in [0.3, 0.4) is 0 Å². The first kappa shape index (κ1) is 20.0. The van der Waals surface area contributed by atoms with Crippen LogP contribution in [0.2, 0.25) is 0 Å². The van der Waals surface area contributed by atoms with Crippen LogP contribution < -0.4 is 15.2 Å². The van der Waals surface area contributed by atoms with Gasteiger partial charge in [-0.2, -0.15) is 0 Å². The van der Waals surface area contributed by atoms with E-state index in [1.165, 1.54) is 0 Å². The maximum absolute atomic E-state index is 9.10. The number of aliphatic carboxylic acids is 2. The van der Waals surface area contributed by atoms with Crippen molar-refractivity contribution in [3.8, 4) is 11.5 Å². The minimum atomic E-state index is -1.82. The highest BCUT2D eigenvalue weighted by molar-refractivity contribution is 6.27. The minimum Gasteiger partial charge on any atom is -0.493 e. The van der Waals surface area contributed by atoms with Gasteiger partial charge in [-0.15, -0.1) is 0 Å². The fourth-order valence-corrected chi connectivity index (χ4v) is 1.89. The fourth-order valence-electron chi connectivity index (χ4n) is 1.89. The molecule has 7 nitrogen and oxygen atoms in total. The molecule has 0 bridgehead atoms. The van der Waals surface area contributed by atoms with E-state index in [2.05, 4.69) is 0 Å². The molecule has 0 saturated heterocycles. The van der Waals surface area contributed by atoms with Crippen molar-refractivity contribution in [3.63, 3.8) is 0 Å². The molecule has 0 amide bonds. The highest BCUT2D eigenvalue weighted by atomic mass is 16.5. The topological polar surface area (TPSA) is 119 Å². The van der Waals surface area contributed by atoms with Gasteiger partial charge < -0.3 is 25.4 Å². The summed E-state index contributed by atoms with van der Waals surface area (Å²) in [4.78, 5) is 18.2. The fraction of sp³-hybridized carbons (Fsp3) is 0.222. The maximum atomic E-state index is 9.10. The molecule has 0 radical (unpaired) electrons. The molecular weight excluding hydrogens is 326 g/mol. The van der Waals surface area contributed by atoms with Crippen molar-refractivity contribution in [2.45, 2.75) is 13.0 Å². The van der Waals surface area contributed by atoms with Crippen molar-refractivity contribution in [2.75, 3.05) is 13.7 Å². The summed E-state index contributed by atoms with van der Waals surface area (Å²) in [6.45, 7) is 1.16. The summed E-state index contributed by atoms with van der Waals surface area (Å²) in [5.74, 6) is -2.14. The summed E-state index contributed by atoms with van der Waals surface area (Å²) in [5.41, 5.74) is 7.87. The number of nitrogens with two attached hydrogens (primary N) is 1. The Bertz CT molecular complexity index is 675. The second-order valence-corrected chi connectivity index (χ2v) is 4.91. The zero-order valence-corrected chi connectivity index (χ0v) is 13.8. The van der Waals surface area contributed by atoms with Gasteiger partial charge in [-0.3, -0.25) is 0 Å². The lowest BCUT2D eigenvalue weighted by Gasteiger charge is -2.12. The van der Waals surface area contributed by atoms with Gasteiger partial charge in [0.2, 0.25) is 0 Å². The van der Waals surface area contributed by atoms with Crippen LogP contribution >= 0.6 is 0 Å². The summed E-state index contributed by atoms with van der Waals surface area (Å²) in [6, 6.07) is 16.0. The van der Waals surface area contributed by atoms with Crippen LogP contribution in [0.4, 0.5) is 0 Å². The molecule has 134 valence electrons. The highest BCUT2D eigenvalue weighted by Gasteiger charge is 2.06. The number of methoxy groups -OCH3 is 1. The van der Waals surface area contributed by atoms with Gasteiger partial charge in [0.05, 0.1) is 7.11 Å². The van der Waals surface area contributed by atoms with Crippen molar-refractivity contribution in [1.82, 2.24) is 0 Å². The van der Waals surface area contributed by atoms with E-state index in [1.807, 2.05) is 48.5 Å². The van der Waals surface area contributed by atoms with Crippen LogP contribution in [-0.4, -0.2) is 35.8 Å². The molecule has 0 aliphatic heterocycles. The van der Waals surface area contributed by atoms with Gasteiger partial charge >= 0.3 is 11.9 Å². The van der Waals surface area contributed by atoms with Crippen LogP contribution in [0.15, 0.2) is 48.5 Å². The van der Waals surface area contributed by atoms with E-state index in [0.717, 1.165) is 29.0 Å². The number of carboxylic acid groups (broad SMARTS) is 2. The average molecular weight is 347 g/mol. The molecule has 4 N–H and O–H groups in total. The maximum Gasteiger partial charge on any atom is 0.414 e. The Kier molecular flexibility index (Phi) is 8.53. The van der Waals surface area contributed by atoms with Crippen LogP contribution in [0.5, 0.6) is 11.5 Å². The number of hydrogen-bond acceptors (Lipinski definition) is 5. The lowest BCUT2D eigenvalue weighted by atomic mass is 10.1. The Hall–Kier alpha value is -3.06. The lowest BCUT2D eigenvalue weighted by Crippen LogP contribution is -2.09. The van der Waals surface area contributed by atoms with Gasteiger partial charge in [-0.1, -0.05) is 36.4 Å². The summed E-state index contributed by atoms with van der Waals surface area (Å²) in [5, 5.41) is 14.8. The van der Waals surface area contributed by atoms with Crippen LogP contribution in [0, 0.1) is 0 Å². The van der Waals surface area contributed by atoms with Gasteiger partial charge in [-0.05, 0) is 36.2 Å². The summed E-state index contributed by atoms with van der Waals surface area (Å²) in [7, 11) is 1.65. The number of carboxylic acids is 2. The predicted molar refractivity (Wildman–Crippen MR) is 91.8 cm³/mol. The molecule has 0 aromatic heterocycles. The van der Waals surface area contributed by atoms with Crippen molar-refractivity contribution in [3.05, 3.63) is 59.7 Å². The Labute approximate surface area is 145 Å². The first-order valence-electron chi connectivity index (χ1n) is 7.47. The molecule has 0 spiro atoms. The first-order chi connectivity index (χ1) is 12.0. The molecule has 0 heterocycles. The molecule has 25 heavy (non-hydrogen) atoms. The Balaban J connectivity index is 0.000000450. The van der Waals surface area contributed by atoms with Crippen molar-refractivity contribution < 1.29 is 29.3 Å². The Morgan fingerprint density at radius 1 is 0.960 bits per heavy atom. The summed E-state index contributed by atoms with van der Waals surface area (Å²) < 4.78 is 11.1. The molecule has 0 fully saturated rings. The number of rotatable bonds is 6. The van der Waals surface area contributed by atoms with E-state index in [4.69, 9.17) is 35.0 Å². The second kappa shape index (κ2) is 10.7. The molecule has 0 aliphatic carbocycles. The van der Waals surface area contributed by atoms with Gasteiger partial charge in [0.25, 0.3) is 0 Å². The van der Waals surface area contributed by atoms with Crippen molar-refractivity contribution >= 4 is 11.9 Å². The molecule has 2 rings (SSSR count). The molecule has 2 aromatic carbocycles. The van der Waals surface area contributed by atoms with E-state index >= 15 is 0 Å². The predicted octanol–water partition coefficient (Wildman–Crippen LogP) is 1.93. The van der Waals surface area contributed by atoms with Crippen molar-refractivity contribution in [1.29, 1.82) is 0 Å². The first-order valence-corrected chi connectivity index (χ1v) is 7.47. The molecule has 7 heteroatoms. The van der Waals surface area contributed by atoms with E-state index in [-0.39, 0.29) is 0 Å². The third-order valence-electron chi connectivity index (χ3n) is 3.08. The number of benzene rings is 2. The summed E-state index contributed by atoms with van der Waals surface area (Å²) >= 11 is 0. The monoisotopic (exact) mass is 347 g/mol. The third kappa shape index (κ3) is 7.36. The molecule has 2 aromatic rings. The van der Waals surface area contributed by atoms with Crippen LogP contribution in [-0.2, 0) is 22.6 Å². The van der Waals surface area contributed by atoms with Gasteiger partial charge in [-0.25, -0.2) is 9.59 Å². The Morgan fingerprint density at radius 2 is 1.60 bits per heavy atom. The SMILES string of the molecule is COc1ccc(CCN)cc1OCc1ccccc1.O=C(O)C(=O)O. The third-order valence-corrected chi connectivity index (χ3v) is 3.08. The van der Waals surface area contributed by atoms with Crippen molar-refractivity contribution in [2.24, 2.45) is 5.73 Å². The zero-order valence-electron chi connectivity index (χ0n) is 13.8. The second-order valence-electron chi connectivity index (χ2n) is 4.91. The zero-order chi connectivity index (χ0) is 18.7. The van der Waals surface area contributed by atoms with Gasteiger partial charge in [0, 0.05) is 0 Å². The minimum absolute atomic E-state index is 0.531. The summed E-state index contributed by atoms with van der Waals surface area (Å²) in [6.07, 6.45) is 0.839. The Morgan fingerprint density at radius 3 is 2.12 bits per heavy atom. The highest BCUT2D eigenvalue weighted by Crippen LogP contribution is 2.28. The van der Waals surface area contributed by atoms with E-state index in [1.54, 1.807) is 7.11 Å². The van der Waals surface area contributed by atoms with E-state index in [0.29, 0.717) is 13.2 Å². The quantitative estimate of drug-likeness (QED) is 0.683. The molecule has 0 saturated carbocycles. The largest absolute Gasteiger partial charge is 0.493 e. The number of ether oxygens (including phenoxy) is 2. The van der Waals surface area contributed by atoms with Crippen LogP contribution in [0.1, 0.15) is 11.1 Å². The average Bonchev–Trinajstić information content (AvgIpc) is 2.62. The lowest BCUT2D eigenvalue weighted by molar-refractivity contribution is -0.159. The smallest absolute Gasteiger partial charge is 0.414 e. The molecule has 0 atom stereocenters. The molecular formula is C18H21NO6. The van der Waals surface area contributed by atoms with E-state index in [9.17, 15) is 0 Å². The normalized spacial score (nSPS) is 9.52. The van der Waals surface area contributed by atoms with Gasteiger partial charge in [0.1, 0.15) is 6.61 Å². The standard InChI is InChI=1S/C16H19NO2.C2H2O4/c1-18-15-8-7-13(9-10-17)11-16(15)19-12-14-5-3-2-4-6-14;3-1(4)2(5)6/h2-8,11H,9-10,12,17H2,1H3;(H,3,4)(H,5,6). The molecule has 0 unspecified atom stereocenters. The van der Waals surface area contributed by atoms with E-state index < -0.39 is 11.9 Å².